The Hall–Kier alpha value is -0.730. The molecule has 0 aromatic heterocycles. The first kappa shape index (κ1) is 14.7. The summed E-state index contributed by atoms with van der Waals surface area (Å²) in [6, 6.07) is 7.26. The Balaban J connectivity index is 2.27. The van der Waals surface area contributed by atoms with Crippen molar-refractivity contribution in [2.24, 2.45) is 0 Å². The fourth-order valence-corrected chi connectivity index (χ4v) is 3.20. The van der Waals surface area contributed by atoms with Gasteiger partial charge in [0.2, 0.25) is 0 Å². The summed E-state index contributed by atoms with van der Waals surface area (Å²) in [7, 11) is 2.23. The van der Waals surface area contributed by atoms with Gasteiger partial charge >= 0.3 is 0 Å². The Bertz CT molecular complexity index is 419. The van der Waals surface area contributed by atoms with Crippen molar-refractivity contribution in [1.29, 1.82) is 0 Å². The maximum absolute atomic E-state index is 5.92. The molecule has 3 heteroatoms. The molecule has 1 unspecified atom stereocenters. The minimum atomic E-state index is 0.598. The topological polar surface area (TPSA) is 6.48 Å². The van der Waals surface area contributed by atoms with Gasteiger partial charge in [-0.1, -0.05) is 19.1 Å². The molecule has 106 valence electrons. The number of hydrogen-bond donors (Lipinski definition) is 0. The number of hydrogen-bond acceptors (Lipinski definition) is 2. The summed E-state index contributed by atoms with van der Waals surface area (Å²) in [6.45, 7) is 8.01. The lowest BCUT2D eigenvalue weighted by molar-refractivity contribution is 0.328. The summed E-state index contributed by atoms with van der Waals surface area (Å²) in [6.07, 6.45) is 2.44. The van der Waals surface area contributed by atoms with Gasteiger partial charge in [-0.3, -0.25) is 0 Å². The molecule has 19 heavy (non-hydrogen) atoms. The van der Waals surface area contributed by atoms with Crippen LogP contribution in [0, 0.1) is 6.92 Å². The van der Waals surface area contributed by atoms with Crippen LogP contribution in [0.2, 0.25) is 0 Å². The maximum atomic E-state index is 5.92. The van der Waals surface area contributed by atoms with Crippen molar-refractivity contribution < 1.29 is 0 Å². The van der Waals surface area contributed by atoms with Crippen molar-refractivity contribution in [3.05, 3.63) is 29.3 Å². The third kappa shape index (κ3) is 3.43. The molecule has 1 saturated heterocycles. The van der Waals surface area contributed by atoms with E-state index in [-0.39, 0.29) is 0 Å². The number of anilines is 1. The molecule has 0 N–H and O–H groups in total. The molecule has 0 amide bonds. The molecular formula is C16H25ClN2. The van der Waals surface area contributed by atoms with Crippen LogP contribution in [0.25, 0.3) is 0 Å². The molecule has 1 aliphatic rings. The molecule has 1 aliphatic heterocycles. The smallest absolute Gasteiger partial charge is 0.0474 e. The minimum absolute atomic E-state index is 0.598. The van der Waals surface area contributed by atoms with Crippen LogP contribution in [0.5, 0.6) is 0 Å². The summed E-state index contributed by atoms with van der Waals surface area (Å²) < 4.78 is 0. The number of nitrogens with zero attached hydrogens (tertiary/aromatic N) is 2. The van der Waals surface area contributed by atoms with Gasteiger partial charge in [-0.25, -0.2) is 0 Å². The fraction of sp³-hybridized carbons (Fsp3) is 0.625. The highest BCUT2D eigenvalue weighted by Crippen LogP contribution is 2.26. The first-order chi connectivity index (χ1) is 9.15. The zero-order valence-corrected chi connectivity index (χ0v) is 13.1. The second-order valence-corrected chi connectivity index (χ2v) is 5.89. The van der Waals surface area contributed by atoms with Gasteiger partial charge in [0, 0.05) is 30.7 Å². The largest absolute Gasteiger partial charge is 0.367 e. The molecule has 2 rings (SSSR count). The van der Waals surface area contributed by atoms with E-state index < -0.39 is 0 Å². The van der Waals surface area contributed by atoms with E-state index in [4.69, 9.17) is 11.6 Å². The minimum Gasteiger partial charge on any atom is -0.367 e. The lowest BCUT2D eigenvalue weighted by Crippen LogP contribution is -2.40. The lowest BCUT2D eigenvalue weighted by atomic mass is 10.1. The zero-order valence-electron chi connectivity index (χ0n) is 12.3. The van der Waals surface area contributed by atoms with Crippen molar-refractivity contribution in [3.63, 3.8) is 0 Å². The second-order valence-electron chi connectivity index (χ2n) is 5.63. The number of alkyl halides is 1. The molecule has 0 radical (unpaired) electrons. The first-order valence-electron chi connectivity index (χ1n) is 7.26. The second kappa shape index (κ2) is 6.62. The summed E-state index contributed by atoms with van der Waals surface area (Å²) >= 11 is 5.92. The van der Waals surface area contributed by atoms with Gasteiger partial charge < -0.3 is 9.80 Å². The summed E-state index contributed by atoms with van der Waals surface area (Å²) in [5, 5.41) is 0. The average molecular weight is 281 g/mol. The number of benzene rings is 1. The standard InChI is InChI=1S/C16H25ClN2/c1-4-15-12-18(3)8-5-9-19(15)16-7-6-14(11-17)10-13(16)2/h6-7,10,15H,4-5,8-9,11-12H2,1-3H3. The molecule has 0 bridgehead atoms. The van der Waals surface area contributed by atoms with Crippen LogP contribution >= 0.6 is 11.6 Å². The molecule has 0 aliphatic carbocycles. The van der Waals surface area contributed by atoms with Crippen LogP contribution < -0.4 is 4.90 Å². The van der Waals surface area contributed by atoms with E-state index in [0.29, 0.717) is 11.9 Å². The fourth-order valence-electron chi connectivity index (χ4n) is 3.03. The average Bonchev–Trinajstić information content (AvgIpc) is 2.60. The summed E-state index contributed by atoms with van der Waals surface area (Å²) in [4.78, 5) is 5.05. The van der Waals surface area contributed by atoms with Crippen molar-refractivity contribution in [2.45, 2.75) is 38.6 Å². The SMILES string of the molecule is CCC1CN(C)CCCN1c1ccc(CCl)cc1C. The summed E-state index contributed by atoms with van der Waals surface area (Å²) in [5.74, 6) is 0.598. The van der Waals surface area contributed by atoms with Crippen LogP contribution in [0.3, 0.4) is 0 Å². The molecule has 0 spiro atoms. The van der Waals surface area contributed by atoms with E-state index in [9.17, 15) is 0 Å². The molecule has 1 aromatic rings. The predicted molar refractivity (Wildman–Crippen MR) is 84.3 cm³/mol. The predicted octanol–water partition coefficient (Wildman–Crippen LogP) is 3.65. The van der Waals surface area contributed by atoms with Crippen LogP contribution in [0.15, 0.2) is 18.2 Å². The highest BCUT2D eigenvalue weighted by molar-refractivity contribution is 6.17. The van der Waals surface area contributed by atoms with Gasteiger partial charge in [-0.05, 0) is 50.6 Å². The van der Waals surface area contributed by atoms with Gasteiger partial charge in [0.1, 0.15) is 0 Å². The van der Waals surface area contributed by atoms with Crippen LogP contribution in [0.1, 0.15) is 30.9 Å². The number of rotatable bonds is 3. The van der Waals surface area contributed by atoms with Gasteiger partial charge in [0.15, 0.2) is 0 Å². The van der Waals surface area contributed by atoms with Gasteiger partial charge in [-0.2, -0.15) is 0 Å². The number of likely N-dealkylation sites (N-methyl/N-ethyl adjacent to an activating group) is 1. The highest BCUT2D eigenvalue weighted by Gasteiger charge is 2.23. The quantitative estimate of drug-likeness (QED) is 0.780. The third-order valence-corrected chi connectivity index (χ3v) is 4.41. The Kier molecular flexibility index (Phi) is 5.12. The number of halogens is 1. The van der Waals surface area contributed by atoms with Crippen molar-refractivity contribution in [2.75, 3.05) is 31.6 Å². The van der Waals surface area contributed by atoms with Crippen LogP contribution in [-0.4, -0.2) is 37.6 Å². The Labute approximate surface area is 122 Å². The van der Waals surface area contributed by atoms with E-state index >= 15 is 0 Å². The Morgan fingerprint density at radius 2 is 2.11 bits per heavy atom. The van der Waals surface area contributed by atoms with Crippen molar-refractivity contribution >= 4 is 17.3 Å². The van der Waals surface area contributed by atoms with Crippen LogP contribution in [0.4, 0.5) is 5.69 Å². The molecule has 0 saturated carbocycles. The molecule has 2 nitrogen and oxygen atoms in total. The van der Waals surface area contributed by atoms with E-state index in [2.05, 4.69) is 48.9 Å². The van der Waals surface area contributed by atoms with E-state index in [1.54, 1.807) is 0 Å². The van der Waals surface area contributed by atoms with E-state index in [0.717, 1.165) is 13.1 Å². The van der Waals surface area contributed by atoms with E-state index in [1.165, 1.54) is 36.2 Å². The molecule has 1 fully saturated rings. The van der Waals surface area contributed by atoms with Crippen molar-refractivity contribution in [1.82, 2.24) is 4.90 Å². The molecular weight excluding hydrogens is 256 g/mol. The Morgan fingerprint density at radius 3 is 2.74 bits per heavy atom. The first-order valence-corrected chi connectivity index (χ1v) is 7.79. The summed E-state index contributed by atoms with van der Waals surface area (Å²) in [5.41, 5.74) is 3.94. The molecule has 1 atom stereocenters. The van der Waals surface area contributed by atoms with Gasteiger partial charge in [0.05, 0.1) is 0 Å². The lowest BCUT2D eigenvalue weighted by Gasteiger charge is -2.33. The molecule has 1 aromatic carbocycles. The maximum Gasteiger partial charge on any atom is 0.0474 e. The molecule has 1 heterocycles. The highest BCUT2D eigenvalue weighted by atomic mass is 35.5. The van der Waals surface area contributed by atoms with Crippen LogP contribution in [-0.2, 0) is 5.88 Å². The monoisotopic (exact) mass is 280 g/mol. The van der Waals surface area contributed by atoms with Crippen molar-refractivity contribution in [3.8, 4) is 0 Å². The van der Waals surface area contributed by atoms with Gasteiger partial charge in [0.25, 0.3) is 0 Å². The van der Waals surface area contributed by atoms with E-state index in [1.807, 2.05) is 0 Å². The zero-order chi connectivity index (χ0) is 13.8. The normalized spacial score (nSPS) is 21.5. The Morgan fingerprint density at radius 1 is 1.32 bits per heavy atom. The number of aryl methyl sites for hydroxylation is 1. The third-order valence-electron chi connectivity index (χ3n) is 4.10. The van der Waals surface area contributed by atoms with Gasteiger partial charge in [-0.15, -0.1) is 11.6 Å².